The number of hydrogen-bond acceptors (Lipinski definition) is 2. The lowest BCUT2D eigenvalue weighted by Gasteiger charge is -2.35. The minimum Gasteiger partial charge on any atom is -0.478 e. The second kappa shape index (κ2) is 6.12. The Morgan fingerprint density at radius 3 is 2.05 bits per heavy atom. The number of amides is 1. The molecule has 0 fully saturated rings. The Hall–Kier alpha value is -2.10. The van der Waals surface area contributed by atoms with Crippen LogP contribution < -0.4 is 0 Å². The maximum Gasteiger partial charge on any atom is 0.336 e. The third-order valence-corrected chi connectivity index (χ3v) is 3.42. The van der Waals surface area contributed by atoms with Crippen molar-refractivity contribution in [3.63, 3.8) is 0 Å². The van der Waals surface area contributed by atoms with Gasteiger partial charge in [-0.3, -0.25) is 4.79 Å². The van der Waals surface area contributed by atoms with Crippen molar-refractivity contribution >= 4 is 11.9 Å². The molecule has 1 N–H and O–H groups in total. The number of nitrogens with zero attached hydrogens (tertiary/aromatic N) is 1. The summed E-state index contributed by atoms with van der Waals surface area (Å²) in [5.74, 6) is -1.35. The highest BCUT2D eigenvalue weighted by Gasteiger charge is 2.30. The number of aromatic carboxylic acids is 1. The third kappa shape index (κ3) is 3.51. The van der Waals surface area contributed by atoms with E-state index in [0.717, 1.165) is 0 Å². The summed E-state index contributed by atoms with van der Waals surface area (Å²) in [5, 5.41) is 9.44. The van der Waals surface area contributed by atoms with Crippen LogP contribution in [0, 0.1) is 13.8 Å². The molecule has 21 heavy (non-hydrogen) atoms. The first kappa shape index (κ1) is 17.0. The van der Waals surface area contributed by atoms with E-state index in [-0.39, 0.29) is 17.0 Å². The molecule has 0 aromatic heterocycles. The molecule has 0 aliphatic heterocycles. The lowest BCUT2D eigenvalue weighted by molar-refractivity contribution is 0.0595. The zero-order chi connectivity index (χ0) is 16.4. The van der Waals surface area contributed by atoms with Gasteiger partial charge in [0.1, 0.15) is 0 Å². The Balaban J connectivity index is 3.51. The largest absolute Gasteiger partial charge is 0.478 e. The second-order valence-corrected chi connectivity index (χ2v) is 6.13. The van der Waals surface area contributed by atoms with Crippen LogP contribution in [0.25, 0.3) is 0 Å². The van der Waals surface area contributed by atoms with Gasteiger partial charge >= 0.3 is 5.97 Å². The van der Waals surface area contributed by atoms with Gasteiger partial charge < -0.3 is 10.0 Å². The quantitative estimate of drug-likeness (QED) is 0.864. The van der Waals surface area contributed by atoms with Crippen LogP contribution in [0.2, 0.25) is 0 Å². The van der Waals surface area contributed by atoms with Crippen molar-refractivity contribution in [2.24, 2.45) is 0 Å². The van der Waals surface area contributed by atoms with Gasteiger partial charge in [0.2, 0.25) is 0 Å². The van der Waals surface area contributed by atoms with Crippen molar-refractivity contribution < 1.29 is 14.7 Å². The van der Waals surface area contributed by atoms with Crippen molar-refractivity contribution in [2.45, 2.75) is 40.2 Å². The number of carbonyl (C=O) groups is 2. The summed E-state index contributed by atoms with van der Waals surface area (Å²) in [7, 11) is 0. The van der Waals surface area contributed by atoms with Gasteiger partial charge in [-0.2, -0.15) is 0 Å². The normalized spacial score (nSPS) is 11.1. The topological polar surface area (TPSA) is 57.6 Å². The van der Waals surface area contributed by atoms with Crippen LogP contribution >= 0.6 is 0 Å². The Morgan fingerprint density at radius 2 is 1.67 bits per heavy atom. The molecule has 4 nitrogen and oxygen atoms in total. The summed E-state index contributed by atoms with van der Waals surface area (Å²) in [5.41, 5.74) is 1.18. The number of carbonyl (C=O) groups excluding carboxylic acids is 1. The molecule has 0 aliphatic rings. The van der Waals surface area contributed by atoms with Crippen molar-refractivity contribution in [3.05, 3.63) is 47.0 Å². The van der Waals surface area contributed by atoms with E-state index in [1.165, 1.54) is 0 Å². The molecular formula is C17H23NO3. The van der Waals surface area contributed by atoms with Crippen molar-refractivity contribution in [1.29, 1.82) is 0 Å². The maximum atomic E-state index is 12.9. The van der Waals surface area contributed by atoms with E-state index in [0.29, 0.717) is 17.7 Å². The summed E-state index contributed by atoms with van der Waals surface area (Å²) in [4.78, 5) is 26.1. The van der Waals surface area contributed by atoms with Crippen molar-refractivity contribution in [3.8, 4) is 0 Å². The van der Waals surface area contributed by atoms with Gasteiger partial charge in [-0.15, -0.1) is 6.58 Å². The van der Waals surface area contributed by atoms with E-state index in [2.05, 4.69) is 6.58 Å². The molecule has 0 unspecified atom stereocenters. The van der Waals surface area contributed by atoms with Crippen molar-refractivity contribution in [1.82, 2.24) is 4.90 Å². The van der Waals surface area contributed by atoms with Gasteiger partial charge in [0.15, 0.2) is 0 Å². The number of hydrogen-bond donors (Lipinski definition) is 1. The maximum absolute atomic E-state index is 12.9. The first-order valence-corrected chi connectivity index (χ1v) is 6.87. The van der Waals surface area contributed by atoms with Gasteiger partial charge in [0.25, 0.3) is 5.91 Å². The van der Waals surface area contributed by atoms with Gasteiger partial charge in [-0.05, 0) is 45.7 Å². The molecule has 1 aromatic rings. The lowest BCUT2D eigenvalue weighted by atomic mass is 9.94. The first-order chi connectivity index (χ1) is 9.61. The van der Waals surface area contributed by atoms with Crippen molar-refractivity contribution in [2.75, 3.05) is 6.54 Å². The minimum absolute atomic E-state index is 0.0818. The SMILES string of the molecule is C=CCN(C(=O)c1c(C)ccc(C)c1C(=O)O)C(C)(C)C. The van der Waals surface area contributed by atoms with Crippen LogP contribution in [0.3, 0.4) is 0 Å². The zero-order valence-electron chi connectivity index (χ0n) is 13.4. The van der Waals surface area contributed by atoms with Crippen LogP contribution in [0.5, 0.6) is 0 Å². The fourth-order valence-electron chi connectivity index (χ4n) is 2.29. The molecule has 4 heteroatoms. The summed E-state index contributed by atoms with van der Waals surface area (Å²) in [6.45, 7) is 13.3. The van der Waals surface area contributed by atoms with Crippen LogP contribution in [0.4, 0.5) is 0 Å². The third-order valence-electron chi connectivity index (χ3n) is 3.42. The molecule has 0 saturated heterocycles. The molecule has 1 rings (SSSR count). The van der Waals surface area contributed by atoms with Crippen LogP contribution in [-0.2, 0) is 0 Å². The highest BCUT2D eigenvalue weighted by atomic mass is 16.4. The Morgan fingerprint density at radius 1 is 1.19 bits per heavy atom. The standard InChI is InChI=1S/C17H23NO3/c1-7-10-18(17(4,5)6)15(19)13-11(2)8-9-12(3)14(13)16(20)21/h7-9H,1,10H2,2-6H3,(H,20,21). The van der Waals surface area contributed by atoms with Crippen LogP contribution in [-0.4, -0.2) is 34.0 Å². The smallest absolute Gasteiger partial charge is 0.336 e. The van der Waals surface area contributed by atoms with E-state index >= 15 is 0 Å². The first-order valence-electron chi connectivity index (χ1n) is 6.87. The Bertz CT molecular complexity index is 582. The number of rotatable bonds is 4. The molecule has 1 aromatic carbocycles. The molecule has 0 spiro atoms. The average Bonchev–Trinajstić information content (AvgIpc) is 2.35. The van der Waals surface area contributed by atoms with E-state index in [1.54, 1.807) is 37.0 Å². The molecule has 0 heterocycles. The molecule has 0 bridgehead atoms. The average molecular weight is 289 g/mol. The Labute approximate surface area is 126 Å². The molecule has 0 radical (unpaired) electrons. The van der Waals surface area contributed by atoms with E-state index < -0.39 is 11.5 Å². The number of carboxylic acids is 1. The molecule has 1 amide bonds. The van der Waals surface area contributed by atoms with Crippen LogP contribution in [0.15, 0.2) is 24.8 Å². The summed E-state index contributed by atoms with van der Waals surface area (Å²) in [6.07, 6.45) is 1.65. The Kier molecular flexibility index (Phi) is 4.94. The monoisotopic (exact) mass is 289 g/mol. The molecule has 0 aliphatic carbocycles. The number of aryl methyl sites for hydroxylation is 2. The highest BCUT2D eigenvalue weighted by molar-refractivity contribution is 6.07. The number of carboxylic acid groups (broad SMARTS) is 1. The summed E-state index contributed by atoms with van der Waals surface area (Å²) < 4.78 is 0. The fourth-order valence-corrected chi connectivity index (χ4v) is 2.29. The fraction of sp³-hybridized carbons (Fsp3) is 0.412. The van der Waals surface area contributed by atoms with Gasteiger partial charge in [-0.1, -0.05) is 18.2 Å². The predicted octanol–water partition coefficient (Wildman–Crippen LogP) is 3.43. The van der Waals surface area contributed by atoms with Gasteiger partial charge in [0, 0.05) is 12.1 Å². The highest BCUT2D eigenvalue weighted by Crippen LogP contribution is 2.24. The summed E-state index contributed by atoms with van der Waals surface area (Å²) >= 11 is 0. The predicted molar refractivity (Wildman–Crippen MR) is 83.9 cm³/mol. The molecule has 114 valence electrons. The number of benzene rings is 1. The van der Waals surface area contributed by atoms with Gasteiger partial charge in [0.05, 0.1) is 11.1 Å². The molecule has 0 saturated carbocycles. The zero-order valence-corrected chi connectivity index (χ0v) is 13.4. The summed E-state index contributed by atoms with van der Waals surface area (Å²) in [6, 6.07) is 3.51. The van der Waals surface area contributed by atoms with E-state index in [9.17, 15) is 14.7 Å². The van der Waals surface area contributed by atoms with E-state index in [1.807, 2.05) is 20.8 Å². The molecule has 0 atom stereocenters. The van der Waals surface area contributed by atoms with Gasteiger partial charge in [-0.25, -0.2) is 4.79 Å². The second-order valence-electron chi connectivity index (χ2n) is 6.13. The minimum atomic E-state index is -1.08. The molecular weight excluding hydrogens is 266 g/mol. The van der Waals surface area contributed by atoms with Crippen LogP contribution in [0.1, 0.15) is 52.6 Å². The lowest BCUT2D eigenvalue weighted by Crippen LogP contribution is -2.46. The van der Waals surface area contributed by atoms with E-state index in [4.69, 9.17) is 0 Å².